The molecule has 11 heavy (non-hydrogen) atoms. The number of nitrogens with two attached hydrogens (primary N) is 2. The van der Waals surface area contributed by atoms with Crippen LogP contribution in [-0.4, -0.2) is 14.9 Å². The van der Waals surface area contributed by atoms with Gasteiger partial charge in [-0.15, -0.1) is 10.2 Å². The first-order valence-electron chi connectivity index (χ1n) is 3.72. The zero-order valence-electron chi connectivity index (χ0n) is 6.20. The highest BCUT2D eigenvalue weighted by molar-refractivity contribution is 5.17. The van der Waals surface area contributed by atoms with Crippen molar-refractivity contribution in [2.45, 2.75) is 19.3 Å². The van der Waals surface area contributed by atoms with Crippen molar-refractivity contribution in [1.29, 1.82) is 0 Å². The van der Waals surface area contributed by atoms with E-state index in [2.05, 4.69) is 10.2 Å². The van der Waals surface area contributed by atoms with Gasteiger partial charge in [-0.2, -0.15) is 0 Å². The highest BCUT2D eigenvalue weighted by atomic mass is 15.4. The van der Waals surface area contributed by atoms with Crippen molar-refractivity contribution in [2.24, 2.45) is 5.92 Å². The molecule has 0 amide bonds. The maximum atomic E-state index is 5.55. The van der Waals surface area contributed by atoms with Crippen LogP contribution in [0.3, 0.4) is 0 Å². The second-order valence-electron chi connectivity index (χ2n) is 2.99. The molecule has 1 saturated carbocycles. The van der Waals surface area contributed by atoms with Crippen LogP contribution in [-0.2, 0) is 6.42 Å². The van der Waals surface area contributed by atoms with E-state index in [0.29, 0.717) is 5.95 Å². The largest absolute Gasteiger partial charge is 0.366 e. The Hall–Kier alpha value is -1.26. The standard InChI is InChI=1S/C6H11N5/c7-6-10-9-5(11(6)8)3-4-1-2-4/h4H,1-3,8H2,(H2,7,10). The van der Waals surface area contributed by atoms with Gasteiger partial charge in [0.15, 0.2) is 5.82 Å². The lowest BCUT2D eigenvalue weighted by atomic mass is 10.3. The minimum atomic E-state index is 0.292. The summed E-state index contributed by atoms with van der Waals surface area (Å²) in [6.45, 7) is 0. The van der Waals surface area contributed by atoms with E-state index in [-0.39, 0.29) is 0 Å². The predicted molar refractivity (Wildman–Crippen MR) is 41.0 cm³/mol. The lowest BCUT2D eigenvalue weighted by molar-refractivity contribution is 0.737. The fourth-order valence-corrected chi connectivity index (χ4v) is 1.06. The number of anilines is 1. The number of hydrogen-bond acceptors (Lipinski definition) is 4. The van der Waals surface area contributed by atoms with Crippen LogP contribution in [0.2, 0.25) is 0 Å². The molecule has 2 rings (SSSR count). The van der Waals surface area contributed by atoms with Gasteiger partial charge in [0, 0.05) is 6.42 Å². The van der Waals surface area contributed by atoms with Crippen LogP contribution in [0, 0.1) is 5.92 Å². The summed E-state index contributed by atoms with van der Waals surface area (Å²) < 4.78 is 1.36. The van der Waals surface area contributed by atoms with Crippen molar-refractivity contribution in [1.82, 2.24) is 14.9 Å². The third kappa shape index (κ3) is 1.13. The normalized spacial score (nSPS) is 17.1. The molecule has 0 aliphatic heterocycles. The second-order valence-corrected chi connectivity index (χ2v) is 2.99. The van der Waals surface area contributed by atoms with E-state index in [9.17, 15) is 0 Å². The molecule has 60 valence electrons. The summed E-state index contributed by atoms with van der Waals surface area (Å²) in [6, 6.07) is 0. The smallest absolute Gasteiger partial charge is 0.240 e. The number of nitrogen functional groups attached to an aromatic ring is 2. The monoisotopic (exact) mass is 153 g/mol. The molecule has 1 fully saturated rings. The molecule has 4 N–H and O–H groups in total. The fraction of sp³-hybridized carbons (Fsp3) is 0.667. The number of rotatable bonds is 2. The first kappa shape index (κ1) is 6.45. The highest BCUT2D eigenvalue weighted by Crippen LogP contribution is 2.31. The van der Waals surface area contributed by atoms with Crippen LogP contribution in [0.15, 0.2) is 0 Å². The van der Waals surface area contributed by atoms with Crippen LogP contribution >= 0.6 is 0 Å². The molecule has 0 radical (unpaired) electrons. The van der Waals surface area contributed by atoms with E-state index in [1.54, 1.807) is 0 Å². The van der Waals surface area contributed by atoms with Crippen LogP contribution in [0.5, 0.6) is 0 Å². The Labute approximate surface area is 64.4 Å². The van der Waals surface area contributed by atoms with Crippen LogP contribution in [0.25, 0.3) is 0 Å². The molecule has 0 aromatic carbocycles. The molecule has 0 spiro atoms. The molecular formula is C6H11N5. The zero-order valence-corrected chi connectivity index (χ0v) is 6.20. The van der Waals surface area contributed by atoms with Crippen LogP contribution in [0.1, 0.15) is 18.7 Å². The molecule has 1 aliphatic carbocycles. The Morgan fingerprint density at radius 2 is 2.18 bits per heavy atom. The van der Waals surface area contributed by atoms with Gasteiger partial charge < -0.3 is 11.6 Å². The van der Waals surface area contributed by atoms with Crippen molar-refractivity contribution in [3.63, 3.8) is 0 Å². The number of hydrogen-bond donors (Lipinski definition) is 2. The minimum absolute atomic E-state index is 0.292. The molecule has 5 heteroatoms. The molecule has 0 saturated heterocycles. The summed E-state index contributed by atoms with van der Waals surface area (Å²) in [5, 5.41) is 7.52. The summed E-state index contributed by atoms with van der Waals surface area (Å²) in [7, 11) is 0. The van der Waals surface area contributed by atoms with Gasteiger partial charge in [0.05, 0.1) is 0 Å². The van der Waals surface area contributed by atoms with Crippen molar-refractivity contribution in [3.8, 4) is 0 Å². The molecule has 5 nitrogen and oxygen atoms in total. The van der Waals surface area contributed by atoms with Crippen LogP contribution < -0.4 is 11.6 Å². The van der Waals surface area contributed by atoms with Crippen molar-refractivity contribution in [3.05, 3.63) is 5.82 Å². The van der Waals surface area contributed by atoms with Gasteiger partial charge in [-0.05, 0) is 18.8 Å². The zero-order chi connectivity index (χ0) is 7.84. The molecular weight excluding hydrogens is 142 g/mol. The molecule has 0 unspecified atom stereocenters. The average molecular weight is 153 g/mol. The van der Waals surface area contributed by atoms with Crippen molar-refractivity contribution in [2.75, 3.05) is 11.6 Å². The third-order valence-electron chi connectivity index (χ3n) is 1.96. The van der Waals surface area contributed by atoms with E-state index in [1.165, 1.54) is 17.5 Å². The van der Waals surface area contributed by atoms with E-state index in [1.807, 2.05) is 0 Å². The minimum Gasteiger partial charge on any atom is -0.366 e. The Morgan fingerprint density at radius 1 is 1.45 bits per heavy atom. The third-order valence-corrected chi connectivity index (χ3v) is 1.96. The molecule has 1 aliphatic rings. The first-order valence-corrected chi connectivity index (χ1v) is 3.72. The maximum Gasteiger partial charge on any atom is 0.240 e. The summed E-state index contributed by atoms with van der Waals surface area (Å²) in [4.78, 5) is 0. The summed E-state index contributed by atoms with van der Waals surface area (Å²) >= 11 is 0. The lowest BCUT2D eigenvalue weighted by Crippen LogP contribution is -2.15. The summed E-state index contributed by atoms with van der Waals surface area (Å²) in [5.41, 5.74) is 5.40. The van der Waals surface area contributed by atoms with Gasteiger partial charge in [-0.3, -0.25) is 0 Å². The van der Waals surface area contributed by atoms with Gasteiger partial charge >= 0.3 is 0 Å². The van der Waals surface area contributed by atoms with Crippen molar-refractivity contribution < 1.29 is 0 Å². The van der Waals surface area contributed by atoms with Crippen molar-refractivity contribution >= 4 is 5.95 Å². The summed E-state index contributed by atoms with van der Waals surface area (Å²) in [5.74, 6) is 7.40. The summed E-state index contributed by atoms with van der Waals surface area (Å²) in [6.07, 6.45) is 3.49. The van der Waals surface area contributed by atoms with E-state index >= 15 is 0 Å². The number of nitrogens with zero attached hydrogens (tertiary/aromatic N) is 3. The van der Waals surface area contributed by atoms with E-state index < -0.39 is 0 Å². The van der Waals surface area contributed by atoms with Gasteiger partial charge in [0.1, 0.15) is 0 Å². The maximum absolute atomic E-state index is 5.55. The first-order chi connectivity index (χ1) is 5.27. The Balaban J connectivity index is 2.15. The average Bonchev–Trinajstić information content (AvgIpc) is 2.74. The van der Waals surface area contributed by atoms with Gasteiger partial charge in [0.2, 0.25) is 5.95 Å². The lowest BCUT2D eigenvalue weighted by Gasteiger charge is -1.97. The fourth-order valence-electron chi connectivity index (χ4n) is 1.06. The Kier molecular flexibility index (Phi) is 1.24. The van der Waals surface area contributed by atoms with Gasteiger partial charge in [-0.1, -0.05) is 0 Å². The molecule has 1 aromatic rings. The Bertz CT molecular complexity index is 262. The van der Waals surface area contributed by atoms with Crippen LogP contribution in [0.4, 0.5) is 5.95 Å². The molecule has 1 heterocycles. The number of aromatic nitrogens is 3. The quantitative estimate of drug-likeness (QED) is 0.562. The van der Waals surface area contributed by atoms with E-state index in [0.717, 1.165) is 18.2 Å². The Morgan fingerprint density at radius 3 is 2.64 bits per heavy atom. The predicted octanol–water partition coefficient (Wildman–Crippen LogP) is -0.473. The highest BCUT2D eigenvalue weighted by Gasteiger charge is 2.24. The molecule has 0 bridgehead atoms. The molecule has 0 atom stereocenters. The van der Waals surface area contributed by atoms with Gasteiger partial charge in [-0.25, -0.2) is 4.68 Å². The second kappa shape index (κ2) is 2.11. The topological polar surface area (TPSA) is 82.8 Å². The van der Waals surface area contributed by atoms with E-state index in [4.69, 9.17) is 11.6 Å². The molecule has 1 aromatic heterocycles. The van der Waals surface area contributed by atoms with Gasteiger partial charge in [0.25, 0.3) is 0 Å². The SMILES string of the molecule is Nc1nnc(CC2CC2)n1N.